The fourth-order valence-corrected chi connectivity index (χ4v) is 2.37. The summed E-state index contributed by atoms with van der Waals surface area (Å²) in [5, 5.41) is 15.4. The third-order valence-electron chi connectivity index (χ3n) is 3.59. The smallest absolute Gasteiger partial charge is 0.353 e. The molecular weight excluding hydrogens is 296 g/mol. The van der Waals surface area contributed by atoms with Crippen LogP contribution in [0.2, 0.25) is 0 Å². The van der Waals surface area contributed by atoms with Crippen LogP contribution in [-0.4, -0.2) is 30.4 Å². The van der Waals surface area contributed by atoms with Crippen molar-refractivity contribution in [3.63, 3.8) is 0 Å². The van der Waals surface area contributed by atoms with Gasteiger partial charge in [-0.3, -0.25) is 14.2 Å². The Balaban J connectivity index is 2.03. The van der Waals surface area contributed by atoms with E-state index in [-0.39, 0.29) is 17.4 Å². The van der Waals surface area contributed by atoms with E-state index in [1.54, 1.807) is 33.7 Å². The van der Waals surface area contributed by atoms with E-state index in [0.717, 1.165) is 5.56 Å². The number of aromatic carboxylic acids is 1. The van der Waals surface area contributed by atoms with Crippen LogP contribution < -0.4 is 5.69 Å². The lowest BCUT2D eigenvalue weighted by Crippen LogP contribution is -2.24. The first-order valence-electron chi connectivity index (χ1n) is 7.16. The van der Waals surface area contributed by atoms with Gasteiger partial charge in [0.2, 0.25) is 0 Å². The lowest BCUT2D eigenvalue weighted by Gasteiger charge is -2.06. The first-order valence-corrected chi connectivity index (χ1v) is 7.16. The number of benzene rings is 1. The third kappa shape index (κ3) is 2.68. The molecule has 0 aliphatic carbocycles. The SMILES string of the molecule is CC(C)n1ccn(-c2cccc(-c3cc(C(=O)O)[nH]n3)c2)c1=O. The van der Waals surface area contributed by atoms with Crippen molar-refractivity contribution in [3.05, 3.63) is 58.9 Å². The van der Waals surface area contributed by atoms with Crippen LogP contribution in [0.15, 0.2) is 47.5 Å². The molecule has 0 fully saturated rings. The van der Waals surface area contributed by atoms with E-state index in [4.69, 9.17) is 5.11 Å². The van der Waals surface area contributed by atoms with Crippen LogP contribution in [0, 0.1) is 0 Å². The Labute approximate surface area is 131 Å². The van der Waals surface area contributed by atoms with E-state index < -0.39 is 5.97 Å². The molecule has 2 N–H and O–H groups in total. The molecule has 0 atom stereocenters. The number of H-pyrrole nitrogens is 1. The molecule has 0 amide bonds. The van der Waals surface area contributed by atoms with Crippen LogP contribution in [0.1, 0.15) is 30.4 Å². The second kappa shape index (κ2) is 5.60. The number of hydrogen-bond acceptors (Lipinski definition) is 3. The van der Waals surface area contributed by atoms with Gasteiger partial charge in [-0.25, -0.2) is 9.59 Å². The Morgan fingerprint density at radius 1 is 1.26 bits per heavy atom. The molecule has 1 aromatic carbocycles. The maximum atomic E-state index is 12.4. The summed E-state index contributed by atoms with van der Waals surface area (Å²) in [6.45, 7) is 3.89. The van der Waals surface area contributed by atoms with Crippen molar-refractivity contribution in [1.82, 2.24) is 19.3 Å². The van der Waals surface area contributed by atoms with E-state index in [2.05, 4.69) is 10.2 Å². The number of nitrogens with zero attached hydrogens (tertiary/aromatic N) is 3. The van der Waals surface area contributed by atoms with Gasteiger partial charge in [0.25, 0.3) is 0 Å². The highest BCUT2D eigenvalue weighted by atomic mass is 16.4. The lowest BCUT2D eigenvalue weighted by molar-refractivity contribution is 0.0690. The summed E-state index contributed by atoms with van der Waals surface area (Å²) < 4.78 is 3.19. The number of carbonyl (C=O) groups is 1. The molecule has 2 heterocycles. The molecule has 0 radical (unpaired) electrons. The average Bonchev–Trinajstić information content (AvgIpc) is 3.14. The van der Waals surface area contributed by atoms with Crippen molar-refractivity contribution >= 4 is 5.97 Å². The molecule has 0 saturated heterocycles. The molecule has 118 valence electrons. The molecule has 0 aliphatic heterocycles. The summed E-state index contributed by atoms with van der Waals surface area (Å²) in [6, 6.07) is 8.78. The quantitative estimate of drug-likeness (QED) is 0.773. The fourth-order valence-electron chi connectivity index (χ4n) is 2.37. The zero-order valence-corrected chi connectivity index (χ0v) is 12.7. The molecule has 7 nitrogen and oxygen atoms in total. The number of nitrogens with one attached hydrogen (secondary N) is 1. The summed E-state index contributed by atoms with van der Waals surface area (Å²) in [4.78, 5) is 23.3. The first kappa shape index (κ1) is 14.8. The molecule has 0 bridgehead atoms. The van der Waals surface area contributed by atoms with Crippen LogP contribution in [0.4, 0.5) is 0 Å². The minimum absolute atomic E-state index is 0.0218. The average molecular weight is 312 g/mol. The van der Waals surface area contributed by atoms with Gasteiger partial charge in [0.05, 0.1) is 11.4 Å². The molecule has 0 spiro atoms. The molecule has 0 saturated carbocycles. The van der Waals surface area contributed by atoms with Gasteiger partial charge in [-0.1, -0.05) is 12.1 Å². The monoisotopic (exact) mass is 312 g/mol. The second-order valence-corrected chi connectivity index (χ2v) is 5.47. The van der Waals surface area contributed by atoms with E-state index in [9.17, 15) is 9.59 Å². The number of hydrogen-bond donors (Lipinski definition) is 2. The third-order valence-corrected chi connectivity index (χ3v) is 3.59. The molecule has 7 heteroatoms. The van der Waals surface area contributed by atoms with Gasteiger partial charge in [0.1, 0.15) is 5.69 Å². The number of carboxylic acids is 1. The van der Waals surface area contributed by atoms with Gasteiger partial charge in [-0.15, -0.1) is 0 Å². The van der Waals surface area contributed by atoms with Crippen molar-refractivity contribution in [1.29, 1.82) is 0 Å². The lowest BCUT2D eigenvalue weighted by atomic mass is 10.1. The van der Waals surface area contributed by atoms with E-state index in [0.29, 0.717) is 11.4 Å². The van der Waals surface area contributed by atoms with Gasteiger partial charge >= 0.3 is 11.7 Å². The Morgan fingerprint density at radius 2 is 2.04 bits per heavy atom. The highest BCUT2D eigenvalue weighted by molar-refractivity contribution is 5.86. The Bertz CT molecular complexity index is 917. The van der Waals surface area contributed by atoms with Crippen LogP contribution in [0.25, 0.3) is 16.9 Å². The molecule has 0 unspecified atom stereocenters. The number of imidazole rings is 1. The summed E-state index contributed by atoms with van der Waals surface area (Å²) in [7, 11) is 0. The van der Waals surface area contributed by atoms with Gasteiger partial charge < -0.3 is 5.11 Å². The maximum absolute atomic E-state index is 12.4. The normalized spacial score (nSPS) is 11.1. The van der Waals surface area contributed by atoms with Crippen molar-refractivity contribution < 1.29 is 9.90 Å². The van der Waals surface area contributed by atoms with Crippen LogP contribution >= 0.6 is 0 Å². The van der Waals surface area contributed by atoms with E-state index in [1.807, 2.05) is 26.0 Å². The van der Waals surface area contributed by atoms with Gasteiger partial charge in [-0.05, 0) is 32.0 Å². The Hall–Kier alpha value is -3.09. The van der Waals surface area contributed by atoms with E-state index in [1.165, 1.54) is 6.07 Å². The summed E-state index contributed by atoms with van der Waals surface area (Å²) in [5.41, 5.74) is 1.85. The molecule has 23 heavy (non-hydrogen) atoms. The van der Waals surface area contributed by atoms with Crippen molar-refractivity contribution in [2.75, 3.05) is 0 Å². The van der Waals surface area contributed by atoms with Crippen LogP contribution in [-0.2, 0) is 0 Å². The van der Waals surface area contributed by atoms with Gasteiger partial charge in [0, 0.05) is 24.0 Å². The largest absolute Gasteiger partial charge is 0.477 e. The molecule has 2 aromatic heterocycles. The Kier molecular flexibility index (Phi) is 3.61. The van der Waals surface area contributed by atoms with Crippen molar-refractivity contribution in [2.24, 2.45) is 0 Å². The number of carboxylic acid groups (broad SMARTS) is 1. The van der Waals surface area contributed by atoms with Crippen molar-refractivity contribution in [3.8, 4) is 16.9 Å². The van der Waals surface area contributed by atoms with Gasteiger partial charge in [0.15, 0.2) is 0 Å². The minimum atomic E-state index is -1.06. The van der Waals surface area contributed by atoms with Crippen molar-refractivity contribution in [2.45, 2.75) is 19.9 Å². The molecule has 3 aromatic rings. The fraction of sp³-hybridized carbons (Fsp3) is 0.188. The predicted molar refractivity (Wildman–Crippen MR) is 85.0 cm³/mol. The number of aromatic nitrogens is 4. The molecule has 0 aliphatic rings. The second-order valence-electron chi connectivity index (χ2n) is 5.47. The predicted octanol–water partition coefficient (Wildman–Crippen LogP) is 2.31. The zero-order valence-electron chi connectivity index (χ0n) is 12.7. The standard InChI is InChI=1S/C16H16N4O3/c1-10(2)19-6-7-20(16(19)23)12-5-3-4-11(8-12)13-9-14(15(21)22)18-17-13/h3-10H,1-2H3,(H,17,18)(H,21,22). The highest BCUT2D eigenvalue weighted by Gasteiger charge is 2.11. The van der Waals surface area contributed by atoms with Crippen LogP contribution in [0.3, 0.4) is 0 Å². The van der Waals surface area contributed by atoms with Gasteiger partial charge in [-0.2, -0.15) is 5.10 Å². The number of aromatic amines is 1. The topological polar surface area (TPSA) is 92.9 Å². The molecular formula is C16H16N4O3. The van der Waals surface area contributed by atoms with Crippen LogP contribution in [0.5, 0.6) is 0 Å². The summed E-state index contributed by atoms with van der Waals surface area (Å²) in [6.07, 6.45) is 3.46. The number of rotatable bonds is 4. The molecule has 3 rings (SSSR count). The highest BCUT2D eigenvalue weighted by Crippen LogP contribution is 2.20. The summed E-state index contributed by atoms with van der Waals surface area (Å²) >= 11 is 0. The first-order chi connectivity index (χ1) is 11.0. The maximum Gasteiger partial charge on any atom is 0.353 e. The minimum Gasteiger partial charge on any atom is -0.477 e. The Morgan fingerprint density at radius 3 is 2.65 bits per heavy atom. The zero-order chi connectivity index (χ0) is 16.6. The van der Waals surface area contributed by atoms with E-state index >= 15 is 0 Å². The summed E-state index contributed by atoms with van der Waals surface area (Å²) in [5.74, 6) is -1.06.